The number of hydrogen-bond donors (Lipinski definition) is 2. The van der Waals surface area contributed by atoms with Gasteiger partial charge in [-0.1, -0.05) is 0 Å². The van der Waals surface area contributed by atoms with Crippen molar-refractivity contribution >= 4 is 5.91 Å². The molecule has 0 spiro atoms. The van der Waals surface area contributed by atoms with Crippen molar-refractivity contribution < 1.29 is 28.8 Å². The number of aliphatic hydroxyl groups is 1. The van der Waals surface area contributed by atoms with Crippen LogP contribution < -0.4 is 5.32 Å². The summed E-state index contributed by atoms with van der Waals surface area (Å²) in [5.41, 5.74) is 0. The van der Waals surface area contributed by atoms with E-state index in [9.17, 15) is 9.90 Å². The van der Waals surface area contributed by atoms with E-state index < -0.39 is 12.1 Å². The maximum absolute atomic E-state index is 11.0. The topological polar surface area (TPSA) is 86.3 Å². The molecule has 2 N–H and O–H groups in total. The third-order valence-electron chi connectivity index (χ3n) is 1.92. The average Bonchev–Trinajstić information content (AvgIpc) is 2.29. The number of carbonyl (C=O) groups is 1. The number of ether oxygens (including phenoxy) is 4. The summed E-state index contributed by atoms with van der Waals surface area (Å²) in [6.45, 7) is 1.46. The summed E-state index contributed by atoms with van der Waals surface area (Å²) in [6.07, 6.45) is -0.587. The Balaban J connectivity index is 4.23. The molecule has 0 fully saturated rings. The summed E-state index contributed by atoms with van der Waals surface area (Å²) in [5.74, 6) is -0.226. The highest BCUT2D eigenvalue weighted by atomic mass is 16.7. The predicted octanol–water partition coefficient (Wildman–Crippen LogP) is -0.907. The molecule has 7 nitrogen and oxygen atoms in total. The normalized spacial score (nSPS) is 14.4. The Kier molecular flexibility index (Phi) is 9.98. The van der Waals surface area contributed by atoms with Crippen molar-refractivity contribution in [1.82, 2.24) is 5.32 Å². The third-order valence-corrected chi connectivity index (χ3v) is 1.92. The number of rotatable bonds is 10. The van der Waals surface area contributed by atoms with Gasteiger partial charge in [-0.15, -0.1) is 0 Å². The molecule has 1 amide bonds. The molecule has 0 rings (SSSR count). The Morgan fingerprint density at radius 3 is 2.41 bits per heavy atom. The molecule has 0 saturated heterocycles. The van der Waals surface area contributed by atoms with E-state index in [-0.39, 0.29) is 32.7 Å². The zero-order chi connectivity index (χ0) is 13.1. The summed E-state index contributed by atoms with van der Waals surface area (Å²) in [5, 5.41) is 11.8. The van der Waals surface area contributed by atoms with Gasteiger partial charge in [-0.25, -0.2) is 0 Å². The average molecular weight is 251 g/mol. The van der Waals surface area contributed by atoms with E-state index >= 15 is 0 Å². The molecule has 7 heteroatoms. The molecule has 0 saturated carbocycles. The van der Waals surface area contributed by atoms with Crippen molar-refractivity contribution in [2.75, 3.05) is 41.0 Å². The molecule has 2 atom stereocenters. The first-order chi connectivity index (χ1) is 8.15. The van der Waals surface area contributed by atoms with Gasteiger partial charge >= 0.3 is 0 Å². The second-order valence-electron chi connectivity index (χ2n) is 3.38. The van der Waals surface area contributed by atoms with Gasteiger partial charge in [0, 0.05) is 21.1 Å². The van der Waals surface area contributed by atoms with Gasteiger partial charge in [0.05, 0.1) is 19.3 Å². The van der Waals surface area contributed by atoms with Gasteiger partial charge in [0.2, 0.25) is 5.91 Å². The highest BCUT2D eigenvalue weighted by molar-refractivity contribution is 5.73. The quantitative estimate of drug-likeness (QED) is 0.386. The molecular weight excluding hydrogens is 230 g/mol. The van der Waals surface area contributed by atoms with E-state index in [0.29, 0.717) is 0 Å². The molecule has 0 aliphatic rings. The van der Waals surface area contributed by atoms with Crippen LogP contribution in [0, 0.1) is 0 Å². The lowest BCUT2D eigenvalue weighted by atomic mass is 10.2. The lowest BCUT2D eigenvalue weighted by Gasteiger charge is -2.25. The van der Waals surface area contributed by atoms with Gasteiger partial charge in [0.25, 0.3) is 0 Å². The van der Waals surface area contributed by atoms with E-state index in [0.717, 1.165) is 0 Å². The number of aliphatic hydroxyl groups excluding tert-OH is 1. The second-order valence-corrected chi connectivity index (χ2v) is 3.38. The maximum atomic E-state index is 11.0. The van der Waals surface area contributed by atoms with E-state index in [1.165, 1.54) is 21.1 Å². The molecule has 0 radical (unpaired) electrons. The second kappa shape index (κ2) is 10.4. The Morgan fingerprint density at radius 2 is 1.94 bits per heavy atom. The minimum absolute atomic E-state index is 0.0333. The van der Waals surface area contributed by atoms with Gasteiger partial charge in [-0.2, -0.15) is 0 Å². The van der Waals surface area contributed by atoms with Gasteiger partial charge in [-0.05, 0) is 0 Å². The van der Waals surface area contributed by atoms with Crippen LogP contribution in [0.2, 0.25) is 0 Å². The molecule has 0 aromatic rings. The van der Waals surface area contributed by atoms with Crippen LogP contribution in [-0.2, 0) is 23.7 Å². The van der Waals surface area contributed by atoms with Crippen LogP contribution in [-0.4, -0.2) is 64.2 Å². The minimum atomic E-state index is -0.587. The first kappa shape index (κ1) is 16.3. The van der Waals surface area contributed by atoms with Gasteiger partial charge in [0.15, 0.2) is 0 Å². The fourth-order valence-corrected chi connectivity index (χ4v) is 1.21. The molecule has 0 bridgehead atoms. The van der Waals surface area contributed by atoms with Crippen molar-refractivity contribution in [2.45, 2.75) is 19.1 Å². The van der Waals surface area contributed by atoms with Crippen LogP contribution >= 0.6 is 0 Å². The number of nitrogens with one attached hydrogen (secondary N) is 1. The molecular formula is C10H21NO6. The standard InChI is InChI=1S/C10H21NO6/c1-8(13)11-9(5-16-6-14-2)10(4-12)17-7-15-3/h9-10,12H,4-7H2,1-3H3,(H,11,13)/t9-,10+/m1/s1. The van der Waals surface area contributed by atoms with E-state index in [1.807, 2.05) is 0 Å². The van der Waals surface area contributed by atoms with Gasteiger partial charge in [-0.3, -0.25) is 4.79 Å². The molecule has 0 aliphatic carbocycles. The zero-order valence-electron chi connectivity index (χ0n) is 10.5. The fourth-order valence-electron chi connectivity index (χ4n) is 1.21. The zero-order valence-corrected chi connectivity index (χ0v) is 10.5. The highest BCUT2D eigenvalue weighted by Gasteiger charge is 2.22. The molecule has 102 valence electrons. The largest absolute Gasteiger partial charge is 0.394 e. The Bertz CT molecular complexity index is 201. The number of methoxy groups -OCH3 is 2. The van der Waals surface area contributed by atoms with E-state index in [2.05, 4.69) is 5.32 Å². The van der Waals surface area contributed by atoms with Crippen molar-refractivity contribution in [3.05, 3.63) is 0 Å². The van der Waals surface area contributed by atoms with Crippen molar-refractivity contribution in [2.24, 2.45) is 0 Å². The van der Waals surface area contributed by atoms with Crippen LogP contribution in [0.25, 0.3) is 0 Å². The van der Waals surface area contributed by atoms with Crippen LogP contribution in [0.15, 0.2) is 0 Å². The molecule has 0 aromatic carbocycles. The molecule has 17 heavy (non-hydrogen) atoms. The summed E-state index contributed by atoms with van der Waals surface area (Å²) in [7, 11) is 2.97. The van der Waals surface area contributed by atoms with Crippen molar-refractivity contribution in [3.8, 4) is 0 Å². The predicted molar refractivity (Wildman–Crippen MR) is 59.3 cm³/mol. The monoisotopic (exact) mass is 251 g/mol. The highest BCUT2D eigenvalue weighted by Crippen LogP contribution is 2.01. The Labute approximate surface area is 101 Å². The summed E-state index contributed by atoms with van der Waals surface area (Å²) >= 11 is 0. The van der Waals surface area contributed by atoms with E-state index in [4.69, 9.17) is 18.9 Å². The lowest BCUT2D eigenvalue weighted by molar-refractivity contribution is -0.131. The van der Waals surface area contributed by atoms with Crippen LogP contribution in [0.3, 0.4) is 0 Å². The summed E-state index contributed by atoms with van der Waals surface area (Å²) < 4.78 is 19.8. The van der Waals surface area contributed by atoms with Crippen LogP contribution in [0.4, 0.5) is 0 Å². The molecule has 0 aromatic heterocycles. The van der Waals surface area contributed by atoms with Crippen molar-refractivity contribution in [3.63, 3.8) is 0 Å². The minimum Gasteiger partial charge on any atom is -0.394 e. The number of amides is 1. The molecule has 0 unspecified atom stereocenters. The van der Waals surface area contributed by atoms with E-state index in [1.54, 1.807) is 0 Å². The third kappa shape index (κ3) is 8.06. The molecule has 0 aliphatic heterocycles. The van der Waals surface area contributed by atoms with Gasteiger partial charge < -0.3 is 29.4 Å². The van der Waals surface area contributed by atoms with Crippen molar-refractivity contribution in [1.29, 1.82) is 0 Å². The summed E-state index contributed by atoms with van der Waals surface area (Å²) in [4.78, 5) is 11.0. The van der Waals surface area contributed by atoms with Crippen LogP contribution in [0.5, 0.6) is 0 Å². The SMILES string of the molecule is COCOC[C@@H](NC(C)=O)[C@H](CO)OCOC. The smallest absolute Gasteiger partial charge is 0.217 e. The first-order valence-corrected chi connectivity index (χ1v) is 5.20. The lowest BCUT2D eigenvalue weighted by Crippen LogP contribution is -2.48. The van der Waals surface area contributed by atoms with Gasteiger partial charge in [0.1, 0.15) is 19.7 Å². The number of hydrogen-bond acceptors (Lipinski definition) is 6. The number of carbonyl (C=O) groups excluding carboxylic acids is 1. The maximum Gasteiger partial charge on any atom is 0.217 e. The Morgan fingerprint density at radius 1 is 1.29 bits per heavy atom. The van der Waals surface area contributed by atoms with Crippen LogP contribution in [0.1, 0.15) is 6.92 Å². The first-order valence-electron chi connectivity index (χ1n) is 5.20. The summed E-state index contributed by atoms with van der Waals surface area (Å²) in [6, 6.07) is -0.456. The Hall–Kier alpha value is -0.730. The molecule has 0 heterocycles. The fraction of sp³-hybridized carbons (Fsp3) is 0.900.